The summed E-state index contributed by atoms with van der Waals surface area (Å²) < 4.78 is 10.8. The maximum absolute atomic E-state index is 5.57. The van der Waals surface area contributed by atoms with Gasteiger partial charge in [0.2, 0.25) is 9.03 Å². The Hall–Kier alpha value is -0.590. The molecule has 0 aliphatic carbocycles. The largest absolute Gasteiger partial charge is 0.449 e. The minimum atomic E-state index is 0.0992. The van der Waals surface area contributed by atoms with E-state index < -0.39 is 0 Å². The van der Waals surface area contributed by atoms with Gasteiger partial charge in [-0.3, -0.25) is 0 Å². The molecule has 1 rings (SSSR count). The van der Waals surface area contributed by atoms with Crippen LogP contribution in [0.15, 0.2) is 12.1 Å². The molecule has 0 saturated carbocycles. The predicted octanol–water partition coefficient (Wildman–Crippen LogP) is 3.54. The second-order valence-electron chi connectivity index (χ2n) is 3.35. The molecule has 0 aliphatic rings. The lowest BCUT2D eigenvalue weighted by Gasteiger charge is -2.11. The molecule has 0 fully saturated rings. The highest BCUT2D eigenvalue weighted by atomic mass is 31.1. The molecule has 0 amide bonds. The van der Waals surface area contributed by atoms with Crippen molar-refractivity contribution in [3.63, 3.8) is 0 Å². The van der Waals surface area contributed by atoms with Crippen molar-refractivity contribution in [2.75, 3.05) is 6.61 Å². The van der Waals surface area contributed by atoms with E-state index in [1.807, 2.05) is 6.92 Å². The number of hydrogen-bond donors (Lipinski definition) is 0. The van der Waals surface area contributed by atoms with Gasteiger partial charge in [-0.25, -0.2) is 0 Å². The molecule has 1 atom stereocenters. The van der Waals surface area contributed by atoms with Crippen LogP contribution in [-0.4, -0.2) is 6.61 Å². The minimum Gasteiger partial charge on any atom is -0.449 e. The summed E-state index contributed by atoms with van der Waals surface area (Å²) >= 11 is 0. The van der Waals surface area contributed by atoms with Gasteiger partial charge in [-0.15, -0.1) is 0 Å². The first-order valence-corrected chi connectivity index (χ1v) is 5.58. The highest BCUT2D eigenvalue weighted by Crippen LogP contribution is 2.29. The van der Waals surface area contributed by atoms with Gasteiger partial charge in [-0.2, -0.15) is 0 Å². The SMILES string of the molecule is CCOPOc1c(C)cc(C)cc1C. The second-order valence-corrected chi connectivity index (χ2v) is 4.01. The Morgan fingerprint density at radius 3 is 2.21 bits per heavy atom. The standard InChI is InChI=1S/C11H17O2P/c1-5-12-14-13-11-9(3)6-8(2)7-10(11)4/h6-7,14H,5H2,1-4H3. The molecule has 1 aromatic rings. The Morgan fingerprint density at radius 2 is 1.71 bits per heavy atom. The summed E-state index contributed by atoms with van der Waals surface area (Å²) in [6, 6.07) is 4.25. The second kappa shape index (κ2) is 5.33. The maximum Gasteiger partial charge on any atom is 0.215 e. The summed E-state index contributed by atoms with van der Waals surface area (Å²) in [7, 11) is 0.0992. The van der Waals surface area contributed by atoms with E-state index in [1.54, 1.807) is 0 Å². The number of rotatable bonds is 4. The molecule has 0 saturated heterocycles. The summed E-state index contributed by atoms with van der Waals surface area (Å²) in [5.41, 5.74) is 3.62. The van der Waals surface area contributed by atoms with Crippen molar-refractivity contribution >= 4 is 9.03 Å². The number of aryl methyl sites for hydroxylation is 3. The van der Waals surface area contributed by atoms with Gasteiger partial charge in [-0.1, -0.05) is 17.7 Å². The average molecular weight is 212 g/mol. The van der Waals surface area contributed by atoms with Gasteiger partial charge in [0.25, 0.3) is 0 Å². The van der Waals surface area contributed by atoms with Crippen LogP contribution in [0.1, 0.15) is 23.6 Å². The van der Waals surface area contributed by atoms with Gasteiger partial charge in [0, 0.05) is 0 Å². The fourth-order valence-corrected chi connectivity index (χ4v) is 2.04. The van der Waals surface area contributed by atoms with Crippen LogP contribution in [0.3, 0.4) is 0 Å². The summed E-state index contributed by atoms with van der Waals surface area (Å²) in [6.45, 7) is 8.87. The maximum atomic E-state index is 5.57. The molecule has 0 heterocycles. The average Bonchev–Trinajstić information content (AvgIpc) is 2.09. The lowest BCUT2D eigenvalue weighted by atomic mass is 10.1. The topological polar surface area (TPSA) is 18.5 Å². The molecule has 3 heteroatoms. The first-order valence-electron chi connectivity index (χ1n) is 4.76. The molecule has 14 heavy (non-hydrogen) atoms. The van der Waals surface area contributed by atoms with E-state index in [-0.39, 0.29) is 9.03 Å². The van der Waals surface area contributed by atoms with Crippen LogP contribution in [0, 0.1) is 20.8 Å². The highest BCUT2D eigenvalue weighted by Gasteiger charge is 2.04. The zero-order valence-corrected chi connectivity index (χ0v) is 10.2. The lowest BCUT2D eigenvalue weighted by Crippen LogP contribution is -1.90. The van der Waals surface area contributed by atoms with Crippen LogP contribution in [-0.2, 0) is 4.52 Å². The number of benzene rings is 1. The molecule has 0 N–H and O–H groups in total. The monoisotopic (exact) mass is 212 g/mol. The van der Waals surface area contributed by atoms with E-state index >= 15 is 0 Å². The molecule has 1 unspecified atom stereocenters. The molecule has 0 aromatic heterocycles. The molecule has 0 spiro atoms. The molecule has 78 valence electrons. The van der Waals surface area contributed by atoms with Gasteiger partial charge < -0.3 is 9.05 Å². The van der Waals surface area contributed by atoms with Gasteiger partial charge in [0.05, 0.1) is 6.61 Å². The van der Waals surface area contributed by atoms with Crippen molar-refractivity contribution in [3.8, 4) is 5.75 Å². The Kier molecular flexibility index (Phi) is 4.37. The van der Waals surface area contributed by atoms with Crippen LogP contribution in [0.25, 0.3) is 0 Å². The van der Waals surface area contributed by atoms with E-state index in [1.165, 1.54) is 16.7 Å². The zero-order valence-electron chi connectivity index (χ0n) is 9.18. The van der Waals surface area contributed by atoms with E-state index in [2.05, 4.69) is 32.9 Å². The van der Waals surface area contributed by atoms with Crippen LogP contribution < -0.4 is 4.52 Å². The van der Waals surface area contributed by atoms with Crippen molar-refractivity contribution in [3.05, 3.63) is 28.8 Å². The Bertz CT molecular complexity index is 287. The molecule has 2 nitrogen and oxygen atoms in total. The van der Waals surface area contributed by atoms with Gasteiger partial charge in [-0.05, 0) is 38.8 Å². The first kappa shape index (κ1) is 11.5. The summed E-state index contributed by atoms with van der Waals surface area (Å²) in [5.74, 6) is 0.961. The first-order chi connectivity index (χ1) is 6.65. The zero-order chi connectivity index (χ0) is 10.6. The van der Waals surface area contributed by atoms with Gasteiger partial charge in [0.1, 0.15) is 5.75 Å². The van der Waals surface area contributed by atoms with E-state index in [0.29, 0.717) is 6.61 Å². The predicted molar refractivity (Wildman–Crippen MR) is 61.2 cm³/mol. The molecular formula is C11H17O2P. The van der Waals surface area contributed by atoms with Crippen LogP contribution in [0.2, 0.25) is 0 Å². The van der Waals surface area contributed by atoms with Crippen molar-refractivity contribution in [1.29, 1.82) is 0 Å². The van der Waals surface area contributed by atoms with Gasteiger partial charge in [0.15, 0.2) is 0 Å². The third-order valence-electron chi connectivity index (χ3n) is 1.95. The van der Waals surface area contributed by atoms with Crippen LogP contribution >= 0.6 is 9.03 Å². The third-order valence-corrected chi connectivity index (χ3v) is 2.65. The van der Waals surface area contributed by atoms with Crippen LogP contribution in [0.4, 0.5) is 0 Å². The van der Waals surface area contributed by atoms with Gasteiger partial charge >= 0.3 is 0 Å². The lowest BCUT2D eigenvalue weighted by molar-refractivity contribution is 0.350. The van der Waals surface area contributed by atoms with Crippen molar-refractivity contribution in [2.45, 2.75) is 27.7 Å². The minimum absolute atomic E-state index is 0.0992. The third kappa shape index (κ3) is 2.97. The van der Waals surface area contributed by atoms with E-state index in [0.717, 1.165) is 5.75 Å². The number of hydrogen-bond acceptors (Lipinski definition) is 2. The summed E-state index contributed by atoms with van der Waals surface area (Å²) in [4.78, 5) is 0. The normalized spacial score (nSPS) is 11.1. The molecule has 0 aliphatic heterocycles. The summed E-state index contributed by atoms with van der Waals surface area (Å²) in [6.07, 6.45) is 0. The van der Waals surface area contributed by atoms with E-state index in [9.17, 15) is 0 Å². The fourth-order valence-electron chi connectivity index (χ4n) is 1.46. The van der Waals surface area contributed by atoms with Crippen LogP contribution in [0.5, 0.6) is 5.75 Å². The quantitative estimate of drug-likeness (QED) is 0.561. The molecule has 0 radical (unpaired) electrons. The smallest absolute Gasteiger partial charge is 0.215 e. The summed E-state index contributed by atoms with van der Waals surface area (Å²) in [5, 5.41) is 0. The molecular weight excluding hydrogens is 195 g/mol. The Morgan fingerprint density at radius 1 is 1.14 bits per heavy atom. The van der Waals surface area contributed by atoms with Crippen molar-refractivity contribution < 1.29 is 9.05 Å². The Balaban J connectivity index is 2.75. The Labute approximate surface area is 87.6 Å². The van der Waals surface area contributed by atoms with E-state index in [4.69, 9.17) is 9.05 Å². The van der Waals surface area contributed by atoms with Crippen molar-refractivity contribution in [2.24, 2.45) is 0 Å². The fraction of sp³-hybridized carbons (Fsp3) is 0.455. The van der Waals surface area contributed by atoms with Crippen molar-refractivity contribution in [1.82, 2.24) is 0 Å². The highest BCUT2D eigenvalue weighted by molar-refractivity contribution is 7.26. The molecule has 0 bridgehead atoms. The molecule has 1 aromatic carbocycles.